The maximum Gasteiger partial charge on any atom is 0.351 e. The molecule has 0 radical (unpaired) electrons. The first-order valence-electron chi connectivity index (χ1n) is 4.78. The van der Waals surface area contributed by atoms with Crippen LogP contribution < -0.4 is 10.4 Å². The van der Waals surface area contributed by atoms with Gasteiger partial charge in [0.1, 0.15) is 5.82 Å². The smallest absolute Gasteiger partial charge is 0.351 e. The van der Waals surface area contributed by atoms with Crippen molar-refractivity contribution in [1.29, 1.82) is 0 Å². The first-order valence-corrected chi connectivity index (χ1v) is 4.78. The second-order valence-electron chi connectivity index (χ2n) is 3.36. The zero-order valence-corrected chi connectivity index (χ0v) is 9.02. The van der Waals surface area contributed by atoms with E-state index in [1.807, 2.05) is 31.2 Å². The molecule has 1 N–H and O–H groups in total. The van der Waals surface area contributed by atoms with E-state index in [0.717, 1.165) is 11.1 Å². The number of nitrogens with one attached hydrogen (secondary N) is 1. The number of aromatic nitrogens is 3. The molecular formula is C11H11N3O2. The minimum absolute atomic E-state index is 0.0688. The van der Waals surface area contributed by atoms with Crippen LogP contribution in [0.2, 0.25) is 0 Å². The minimum Gasteiger partial charge on any atom is -0.467 e. The highest BCUT2D eigenvalue weighted by atomic mass is 16.5. The van der Waals surface area contributed by atoms with Gasteiger partial charge in [0.15, 0.2) is 0 Å². The molecule has 0 saturated heterocycles. The van der Waals surface area contributed by atoms with E-state index < -0.39 is 5.69 Å². The summed E-state index contributed by atoms with van der Waals surface area (Å²) in [5.41, 5.74) is 1.50. The standard InChI is InChI=1S/C11H11N3O2/c1-7-3-5-8(6-4-7)9-12-10(15)14-11(13-9)16-2/h3-6H,1-2H3,(H,12,13,14,15). The lowest BCUT2D eigenvalue weighted by molar-refractivity contribution is 0.377. The van der Waals surface area contributed by atoms with Gasteiger partial charge in [-0.05, 0) is 6.92 Å². The van der Waals surface area contributed by atoms with Gasteiger partial charge in [-0.1, -0.05) is 29.8 Å². The lowest BCUT2D eigenvalue weighted by atomic mass is 10.1. The Morgan fingerprint density at radius 1 is 1.19 bits per heavy atom. The van der Waals surface area contributed by atoms with Crippen molar-refractivity contribution in [1.82, 2.24) is 15.0 Å². The average Bonchev–Trinajstić information content (AvgIpc) is 2.29. The van der Waals surface area contributed by atoms with Crippen molar-refractivity contribution >= 4 is 0 Å². The molecule has 0 saturated carbocycles. The number of hydrogen-bond acceptors (Lipinski definition) is 4. The number of nitrogens with zero attached hydrogens (tertiary/aromatic N) is 2. The molecule has 5 nitrogen and oxygen atoms in total. The zero-order valence-electron chi connectivity index (χ0n) is 9.02. The van der Waals surface area contributed by atoms with Gasteiger partial charge >= 0.3 is 11.7 Å². The molecule has 0 amide bonds. The molecular weight excluding hydrogens is 206 g/mol. The van der Waals surface area contributed by atoms with Gasteiger partial charge in [-0.15, -0.1) is 4.98 Å². The van der Waals surface area contributed by atoms with E-state index in [-0.39, 0.29) is 6.01 Å². The van der Waals surface area contributed by atoms with Crippen LogP contribution in [0.25, 0.3) is 11.4 Å². The third-order valence-corrected chi connectivity index (χ3v) is 2.14. The summed E-state index contributed by atoms with van der Waals surface area (Å²) in [6, 6.07) is 7.73. The second kappa shape index (κ2) is 4.14. The molecule has 5 heteroatoms. The van der Waals surface area contributed by atoms with Crippen molar-refractivity contribution < 1.29 is 4.74 Å². The highest BCUT2D eigenvalue weighted by molar-refractivity contribution is 5.54. The molecule has 2 rings (SSSR count). The maximum absolute atomic E-state index is 11.2. The highest BCUT2D eigenvalue weighted by Gasteiger charge is 2.04. The lowest BCUT2D eigenvalue weighted by Gasteiger charge is -2.02. The molecule has 1 aromatic carbocycles. The Morgan fingerprint density at radius 2 is 1.88 bits per heavy atom. The van der Waals surface area contributed by atoms with E-state index in [1.54, 1.807) is 0 Å². The number of hydrogen-bond donors (Lipinski definition) is 1. The number of aryl methyl sites for hydroxylation is 1. The summed E-state index contributed by atoms with van der Waals surface area (Å²) in [7, 11) is 1.42. The van der Waals surface area contributed by atoms with E-state index in [2.05, 4.69) is 15.0 Å². The van der Waals surface area contributed by atoms with Gasteiger partial charge in [0.25, 0.3) is 0 Å². The summed E-state index contributed by atoms with van der Waals surface area (Å²) in [5, 5.41) is 0. The van der Waals surface area contributed by atoms with Crippen LogP contribution >= 0.6 is 0 Å². The van der Waals surface area contributed by atoms with E-state index in [4.69, 9.17) is 4.74 Å². The third-order valence-electron chi connectivity index (χ3n) is 2.14. The molecule has 1 heterocycles. The van der Waals surface area contributed by atoms with Crippen LogP contribution in [0, 0.1) is 6.92 Å². The Bertz CT molecular complexity index is 546. The minimum atomic E-state index is -0.470. The Labute approximate surface area is 92.2 Å². The van der Waals surface area contributed by atoms with Gasteiger partial charge in [-0.25, -0.2) is 4.79 Å². The van der Waals surface area contributed by atoms with E-state index in [1.165, 1.54) is 7.11 Å². The summed E-state index contributed by atoms with van der Waals surface area (Å²) in [4.78, 5) is 21.4. The summed E-state index contributed by atoms with van der Waals surface area (Å²) >= 11 is 0. The fraction of sp³-hybridized carbons (Fsp3) is 0.182. The van der Waals surface area contributed by atoms with Gasteiger partial charge in [-0.3, -0.25) is 4.98 Å². The van der Waals surface area contributed by atoms with Crippen LogP contribution in [0.5, 0.6) is 6.01 Å². The first-order chi connectivity index (χ1) is 7.69. The van der Waals surface area contributed by atoms with Gasteiger partial charge in [0.05, 0.1) is 7.11 Å². The molecule has 0 atom stereocenters. The number of ether oxygens (including phenoxy) is 1. The van der Waals surface area contributed by atoms with Crippen molar-refractivity contribution in [3.05, 3.63) is 40.3 Å². The summed E-state index contributed by atoms with van der Waals surface area (Å²) in [6.07, 6.45) is 0. The monoisotopic (exact) mass is 217 g/mol. The topological polar surface area (TPSA) is 67.9 Å². The van der Waals surface area contributed by atoms with Crippen LogP contribution in [-0.4, -0.2) is 22.1 Å². The molecule has 0 unspecified atom stereocenters. The predicted octanol–water partition coefficient (Wildman–Crippen LogP) is 1.15. The number of rotatable bonds is 2. The maximum atomic E-state index is 11.2. The van der Waals surface area contributed by atoms with Gasteiger partial charge < -0.3 is 4.74 Å². The average molecular weight is 217 g/mol. The molecule has 16 heavy (non-hydrogen) atoms. The molecule has 1 aromatic heterocycles. The fourth-order valence-electron chi connectivity index (χ4n) is 1.30. The Morgan fingerprint density at radius 3 is 2.50 bits per heavy atom. The number of methoxy groups -OCH3 is 1. The summed E-state index contributed by atoms with van der Waals surface area (Å²) in [5.74, 6) is 0.455. The normalized spacial score (nSPS) is 10.1. The molecule has 0 fully saturated rings. The largest absolute Gasteiger partial charge is 0.467 e. The van der Waals surface area contributed by atoms with Crippen molar-refractivity contribution in [2.45, 2.75) is 6.92 Å². The number of H-pyrrole nitrogens is 1. The Balaban J connectivity index is 2.51. The molecule has 0 spiro atoms. The molecule has 82 valence electrons. The van der Waals surface area contributed by atoms with E-state index in [9.17, 15) is 4.79 Å². The van der Waals surface area contributed by atoms with Crippen LogP contribution in [-0.2, 0) is 0 Å². The summed E-state index contributed by atoms with van der Waals surface area (Å²) < 4.78 is 4.84. The predicted molar refractivity (Wildman–Crippen MR) is 59.4 cm³/mol. The van der Waals surface area contributed by atoms with Crippen LogP contribution in [0.4, 0.5) is 0 Å². The van der Waals surface area contributed by atoms with Crippen LogP contribution in [0.15, 0.2) is 29.1 Å². The third kappa shape index (κ3) is 2.08. The van der Waals surface area contributed by atoms with Crippen LogP contribution in [0.1, 0.15) is 5.56 Å². The Kier molecular flexibility index (Phi) is 2.68. The fourth-order valence-corrected chi connectivity index (χ4v) is 1.30. The first kappa shape index (κ1) is 10.4. The molecule has 2 aromatic rings. The number of aromatic amines is 1. The molecule has 0 aliphatic rings. The number of benzene rings is 1. The summed E-state index contributed by atoms with van der Waals surface area (Å²) in [6.45, 7) is 1.99. The molecule has 0 bridgehead atoms. The van der Waals surface area contributed by atoms with E-state index >= 15 is 0 Å². The van der Waals surface area contributed by atoms with Crippen molar-refractivity contribution in [2.75, 3.05) is 7.11 Å². The van der Waals surface area contributed by atoms with Gasteiger partial charge in [0.2, 0.25) is 0 Å². The Hall–Kier alpha value is -2.17. The lowest BCUT2D eigenvalue weighted by Crippen LogP contribution is -2.14. The highest BCUT2D eigenvalue weighted by Crippen LogP contribution is 2.15. The molecule has 0 aliphatic heterocycles. The van der Waals surface area contributed by atoms with E-state index in [0.29, 0.717) is 5.82 Å². The van der Waals surface area contributed by atoms with Crippen molar-refractivity contribution in [3.8, 4) is 17.4 Å². The van der Waals surface area contributed by atoms with Gasteiger partial charge in [0, 0.05) is 5.56 Å². The SMILES string of the molecule is COc1nc(-c2ccc(C)cc2)[nH]c(=O)n1. The zero-order chi connectivity index (χ0) is 11.5. The van der Waals surface area contributed by atoms with Gasteiger partial charge in [-0.2, -0.15) is 4.98 Å². The van der Waals surface area contributed by atoms with Crippen molar-refractivity contribution in [3.63, 3.8) is 0 Å². The molecule has 0 aliphatic carbocycles. The second-order valence-corrected chi connectivity index (χ2v) is 3.36. The van der Waals surface area contributed by atoms with Crippen LogP contribution in [0.3, 0.4) is 0 Å². The van der Waals surface area contributed by atoms with Crippen molar-refractivity contribution in [2.24, 2.45) is 0 Å². The quantitative estimate of drug-likeness (QED) is 0.819.